The molecule has 0 radical (unpaired) electrons. The van der Waals surface area contributed by atoms with Gasteiger partial charge in [0.1, 0.15) is 5.60 Å². The maximum atomic E-state index is 11.5. The van der Waals surface area contributed by atoms with Crippen molar-refractivity contribution in [3.8, 4) is 0 Å². The Morgan fingerprint density at radius 2 is 2.04 bits per heavy atom. The van der Waals surface area contributed by atoms with E-state index in [-0.39, 0.29) is 23.7 Å². The van der Waals surface area contributed by atoms with Gasteiger partial charge in [0.2, 0.25) is 6.04 Å². The normalized spacial score (nSPS) is 25.4. The minimum atomic E-state index is -1.41. The Hall–Kier alpha value is -1.95. The molecule has 1 aliphatic rings. The van der Waals surface area contributed by atoms with E-state index in [2.05, 4.69) is 4.74 Å². The Morgan fingerprint density at radius 1 is 1.42 bits per heavy atom. The quantitative estimate of drug-likeness (QED) is 0.448. The van der Waals surface area contributed by atoms with Crippen molar-refractivity contribution in [2.45, 2.75) is 50.7 Å². The fourth-order valence-corrected chi connectivity index (χ4v) is 3.56. The zero-order chi connectivity index (χ0) is 17.7. The number of aliphatic hydroxyl groups is 1. The molecule has 0 heterocycles. The van der Waals surface area contributed by atoms with Crippen molar-refractivity contribution < 1.29 is 19.6 Å². The molecule has 2 unspecified atom stereocenters. The Kier molecular flexibility index (Phi) is 5.94. The number of carbonyl (C=O) groups is 1. The third-order valence-electron chi connectivity index (χ3n) is 5.11. The lowest BCUT2D eigenvalue weighted by atomic mass is 9.65. The van der Waals surface area contributed by atoms with E-state index in [9.17, 15) is 20.0 Å². The predicted octanol–water partition coefficient (Wildman–Crippen LogP) is 2.60. The first kappa shape index (κ1) is 18.4. The van der Waals surface area contributed by atoms with Gasteiger partial charge in [-0.3, -0.25) is 14.9 Å². The maximum absolute atomic E-state index is 11.5. The molecule has 2 rings (SSSR count). The molecule has 24 heavy (non-hydrogen) atoms. The Balaban J connectivity index is 2.02. The van der Waals surface area contributed by atoms with Gasteiger partial charge in [0.25, 0.3) is 0 Å². The summed E-state index contributed by atoms with van der Waals surface area (Å²) < 4.78 is 4.65. The van der Waals surface area contributed by atoms with Gasteiger partial charge in [-0.15, -0.1) is 0 Å². The average Bonchev–Trinajstić information content (AvgIpc) is 2.55. The minimum absolute atomic E-state index is 0.104. The molecular formula is C18H25NO5. The van der Waals surface area contributed by atoms with Crippen LogP contribution in [0.5, 0.6) is 0 Å². The van der Waals surface area contributed by atoms with Crippen LogP contribution in [0.25, 0.3) is 0 Å². The topological polar surface area (TPSA) is 89.7 Å². The van der Waals surface area contributed by atoms with Crippen LogP contribution < -0.4 is 0 Å². The highest BCUT2D eigenvalue weighted by Gasteiger charge is 2.57. The number of rotatable bonds is 8. The first-order valence-electron chi connectivity index (χ1n) is 8.37. The van der Waals surface area contributed by atoms with E-state index in [1.807, 2.05) is 37.3 Å². The third-order valence-corrected chi connectivity index (χ3v) is 5.11. The van der Waals surface area contributed by atoms with Crippen LogP contribution in [0, 0.1) is 22.0 Å². The zero-order valence-electron chi connectivity index (χ0n) is 14.2. The lowest BCUT2D eigenvalue weighted by Gasteiger charge is -2.43. The maximum Gasteiger partial charge on any atom is 0.308 e. The summed E-state index contributed by atoms with van der Waals surface area (Å²) in [7, 11) is 1.29. The van der Waals surface area contributed by atoms with E-state index in [0.29, 0.717) is 6.42 Å². The van der Waals surface area contributed by atoms with Gasteiger partial charge in [-0.25, -0.2) is 0 Å². The van der Waals surface area contributed by atoms with E-state index in [1.165, 1.54) is 7.11 Å². The van der Waals surface area contributed by atoms with Crippen molar-refractivity contribution in [2.75, 3.05) is 7.11 Å². The summed E-state index contributed by atoms with van der Waals surface area (Å²) in [6, 6.07) is 8.81. The van der Waals surface area contributed by atoms with Crippen LogP contribution in [0.4, 0.5) is 0 Å². The van der Waals surface area contributed by atoms with Crippen LogP contribution >= 0.6 is 0 Å². The Labute approximate surface area is 142 Å². The Bertz CT molecular complexity index is 568. The molecule has 2 atom stereocenters. The van der Waals surface area contributed by atoms with Gasteiger partial charge in [0, 0.05) is 11.3 Å². The van der Waals surface area contributed by atoms with Crippen molar-refractivity contribution in [3.63, 3.8) is 0 Å². The van der Waals surface area contributed by atoms with Crippen molar-refractivity contribution >= 4 is 5.97 Å². The van der Waals surface area contributed by atoms with E-state index >= 15 is 0 Å². The summed E-state index contributed by atoms with van der Waals surface area (Å²) in [5.74, 6) is -0.723. The zero-order valence-corrected chi connectivity index (χ0v) is 14.2. The molecular weight excluding hydrogens is 310 g/mol. The fourth-order valence-electron chi connectivity index (χ4n) is 3.56. The molecule has 1 aliphatic carbocycles. The fraction of sp³-hybridized carbons (Fsp3) is 0.611. The molecule has 6 heteroatoms. The molecule has 0 spiro atoms. The average molecular weight is 335 g/mol. The van der Waals surface area contributed by atoms with Gasteiger partial charge >= 0.3 is 5.97 Å². The van der Waals surface area contributed by atoms with Crippen LogP contribution in [0.15, 0.2) is 30.3 Å². The number of carbonyl (C=O) groups excluding carboxylic acids is 1. The van der Waals surface area contributed by atoms with Gasteiger partial charge in [0.15, 0.2) is 0 Å². The van der Waals surface area contributed by atoms with E-state index < -0.39 is 23.5 Å². The van der Waals surface area contributed by atoms with Crippen molar-refractivity contribution in [3.05, 3.63) is 46.0 Å². The van der Waals surface area contributed by atoms with E-state index in [1.54, 1.807) is 0 Å². The number of nitro groups is 1. The molecule has 1 fully saturated rings. The first-order valence-corrected chi connectivity index (χ1v) is 8.37. The number of esters is 1. The lowest BCUT2D eigenvalue weighted by Crippen LogP contribution is -2.58. The summed E-state index contributed by atoms with van der Waals surface area (Å²) in [6.45, 7) is 2.01. The number of hydrogen-bond donors (Lipinski definition) is 1. The monoisotopic (exact) mass is 335 g/mol. The van der Waals surface area contributed by atoms with Crippen molar-refractivity contribution in [1.29, 1.82) is 0 Å². The summed E-state index contributed by atoms with van der Waals surface area (Å²) in [5.41, 5.74) is -0.272. The summed E-state index contributed by atoms with van der Waals surface area (Å²) in [4.78, 5) is 22.6. The highest BCUT2D eigenvalue weighted by molar-refractivity contribution is 5.73. The van der Waals surface area contributed by atoms with Crippen LogP contribution in [0.2, 0.25) is 0 Å². The molecule has 1 aromatic rings. The smallest absolute Gasteiger partial charge is 0.308 e. The number of benzene rings is 1. The van der Waals surface area contributed by atoms with Gasteiger partial charge in [-0.1, -0.05) is 43.7 Å². The van der Waals surface area contributed by atoms with Crippen LogP contribution in [-0.2, 0) is 16.0 Å². The molecule has 0 saturated heterocycles. The molecule has 1 saturated carbocycles. The van der Waals surface area contributed by atoms with Gasteiger partial charge in [-0.2, -0.15) is 0 Å². The van der Waals surface area contributed by atoms with Gasteiger partial charge < -0.3 is 9.84 Å². The second kappa shape index (κ2) is 7.75. The lowest BCUT2D eigenvalue weighted by molar-refractivity contribution is -0.554. The molecule has 0 bridgehead atoms. The van der Waals surface area contributed by atoms with Crippen molar-refractivity contribution in [1.82, 2.24) is 0 Å². The minimum Gasteiger partial charge on any atom is -0.469 e. The largest absolute Gasteiger partial charge is 0.469 e. The summed E-state index contributed by atoms with van der Waals surface area (Å²) in [5, 5.41) is 22.1. The second-order valence-electron chi connectivity index (χ2n) is 6.73. The van der Waals surface area contributed by atoms with E-state index in [0.717, 1.165) is 18.4 Å². The molecule has 1 N–H and O–H groups in total. The second-order valence-corrected chi connectivity index (χ2v) is 6.73. The van der Waals surface area contributed by atoms with E-state index in [4.69, 9.17) is 0 Å². The summed E-state index contributed by atoms with van der Waals surface area (Å²) in [6.07, 6.45) is 2.07. The molecule has 0 aromatic heterocycles. The predicted molar refractivity (Wildman–Crippen MR) is 89.0 cm³/mol. The third kappa shape index (κ3) is 4.12. The standard InChI is InChI=1S/C18H25NO5/c1-3-13(9-14-7-5-4-6-8-14)10-16(19(22)23)18(21)11-15(12-18)17(20)24-2/h4-8,13,15-16,21H,3,9-12H2,1-2H3. The van der Waals surface area contributed by atoms with Gasteiger partial charge in [-0.05, 0) is 30.7 Å². The number of nitrogens with zero attached hydrogens (tertiary/aromatic N) is 1. The van der Waals surface area contributed by atoms with Crippen LogP contribution in [0.3, 0.4) is 0 Å². The van der Waals surface area contributed by atoms with Crippen LogP contribution in [-0.4, -0.2) is 34.8 Å². The molecule has 132 valence electrons. The van der Waals surface area contributed by atoms with Crippen LogP contribution in [0.1, 0.15) is 38.2 Å². The van der Waals surface area contributed by atoms with Gasteiger partial charge in [0.05, 0.1) is 13.0 Å². The number of ether oxygens (including phenoxy) is 1. The molecule has 0 amide bonds. The molecule has 0 aliphatic heterocycles. The molecule has 6 nitrogen and oxygen atoms in total. The summed E-state index contributed by atoms with van der Waals surface area (Å²) >= 11 is 0. The Morgan fingerprint density at radius 3 is 2.54 bits per heavy atom. The highest BCUT2D eigenvalue weighted by Crippen LogP contribution is 2.44. The highest BCUT2D eigenvalue weighted by atomic mass is 16.6. The first-order chi connectivity index (χ1) is 11.4. The van der Waals surface area contributed by atoms with Crippen molar-refractivity contribution in [2.24, 2.45) is 11.8 Å². The SMILES string of the molecule is CCC(Cc1ccccc1)CC([N+](=O)[O-])C1(O)CC(C(=O)OC)C1. The molecule has 1 aromatic carbocycles. The number of hydrogen-bond acceptors (Lipinski definition) is 5. The number of methoxy groups -OCH3 is 1.